The van der Waals surface area contributed by atoms with Gasteiger partial charge in [0.25, 0.3) is 0 Å². The molecule has 94 valence electrons. The minimum atomic E-state index is -0.284. The van der Waals surface area contributed by atoms with Gasteiger partial charge >= 0.3 is 5.97 Å². The molecule has 0 aromatic heterocycles. The number of hydrogen-bond donors (Lipinski definition) is 0. The van der Waals surface area contributed by atoms with Crippen molar-refractivity contribution in [3.05, 3.63) is 12.2 Å². The molecule has 0 bridgehead atoms. The van der Waals surface area contributed by atoms with Crippen LogP contribution in [0.25, 0.3) is 0 Å². The molecule has 16 heavy (non-hydrogen) atoms. The Kier molecular flexibility index (Phi) is 6.34. The van der Waals surface area contributed by atoms with Gasteiger partial charge in [0.05, 0.1) is 19.6 Å². The van der Waals surface area contributed by atoms with Crippen LogP contribution >= 0.6 is 0 Å². The first-order valence-corrected chi connectivity index (χ1v) is 6.11. The van der Waals surface area contributed by atoms with E-state index in [0.717, 1.165) is 24.1 Å². The predicted molar refractivity (Wildman–Crippen MR) is 67.1 cm³/mol. The van der Waals surface area contributed by atoms with Gasteiger partial charge in [-0.25, -0.2) is 4.79 Å². The van der Waals surface area contributed by atoms with Crippen LogP contribution in [-0.2, 0) is 9.53 Å². The normalized spacial score (nSPS) is 13.3. The van der Waals surface area contributed by atoms with Crippen molar-refractivity contribution >= 4 is 5.97 Å². The third-order valence-electron chi connectivity index (χ3n) is 3.63. The standard InChI is InChI=1S/C13H26NO2/c1-7-14(8-2,9-3)12(6)10-16-13(15)11(4)5/h12H,4,7-10H2,1-3,5-6H3/q+1. The number of ether oxygens (including phenoxy) is 1. The third kappa shape index (κ3) is 3.63. The van der Waals surface area contributed by atoms with E-state index in [4.69, 9.17) is 4.74 Å². The Morgan fingerprint density at radius 3 is 2.00 bits per heavy atom. The Balaban J connectivity index is 4.37. The summed E-state index contributed by atoms with van der Waals surface area (Å²) < 4.78 is 6.21. The number of carbonyl (C=O) groups is 1. The van der Waals surface area contributed by atoms with E-state index in [1.165, 1.54) is 0 Å². The Morgan fingerprint density at radius 2 is 1.69 bits per heavy atom. The van der Waals surface area contributed by atoms with Crippen molar-refractivity contribution < 1.29 is 14.0 Å². The highest BCUT2D eigenvalue weighted by Crippen LogP contribution is 2.13. The summed E-state index contributed by atoms with van der Waals surface area (Å²) >= 11 is 0. The van der Waals surface area contributed by atoms with Gasteiger partial charge < -0.3 is 9.22 Å². The van der Waals surface area contributed by atoms with E-state index in [1.807, 2.05) is 0 Å². The fraction of sp³-hybridized carbons (Fsp3) is 0.769. The zero-order valence-electron chi connectivity index (χ0n) is 11.4. The Hall–Kier alpha value is -0.830. The van der Waals surface area contributed by atoms with Crippen molar-refractivity contribution in [1.82, 2.24) is 0 Å². The SMILES string of the molecule is C=C(C)C(=O)OCC(C)[N+](CC)(CC)CC. The molecule has 0 spiro atoms. The Morgan fingerprint density at radius 1 is 1.25 bits per heavy atom. The number of nitrogens with zero attached hydrogens (tertiary/aromatic N) is 1. The molecular weight excluding hydrogens is 202 g/mol. The Labute approximate surface area is 99.7 Å². The molecule has 1 unspecified atom stereocenters. The summed E-state index contributed by atoms with van der Waals surface area (Å²) in [7, 11) is 0. The molecule has 0 aromatic rings. The first kappa shape index (κ1) is 15.2. The van der Waals surface area contributed by atoms with Gasteiger partial charge in [0.1, 0.15) is 12.6 Å². The first-order valence-electron chi connectivity index (χ1n) is 6.11. The molecular formula is C13H26NO2+. The second-order valence-electron chi connectivity index (χ2n) is 4.40. The van der Waals surface area contributed by atoms with E-state index in [0.29, 0.717) is 18.2 Å². The lowest BCUT2D eigenvalue weighted by atomic mass is 10.2. The first-order chi connectivity index (χ1) is 7.43. The lowest BCUT2D eigenvalue weighted by molar-refractivity contribution is -0.945. The zero-order chi connectivity index (χ0) is 12.8. The monoisotopic (exact) mass is 228 g/mol. The van der Waals surface area contributed by atoms with Crippen molar-refractivity contribution in [3.63, 3.8) is 0 Å². The molecule has 0 N–H and O–H groups in total. The molecule has 3 heteroatoms. The number of likely N-dealkylation sites (N-methyl/N-ethyl adjacent to an activating group) is 1. The van der Waals surface area contributed by atoms with Gasteiger partial charge in [0, 0.05) is 5.57 Å². The van der Waals surface area contributed by atoms with Gasteiger partial charge in [0.2, 0.25) is 0 Å². The second-order valence-corrected chi connectivity index (χ2v) is 4.40. The molecule has 0 aliphatic rings. The smallest absolute Gasteiger partial charge is 0.333 e. The van der Waals surface area contributed by atoms with Crippen LogP contribution in [0.15, 0.2) is 12.2 Å². The molecule has 0 rings (SSSR count). The molecule has 3 nitrogen and oxygen atoms in total. The van der Waals surface area contributed by atoms with Gasteiger partial charge in [-0.15, -0.1) is 0 Å². The lowest BCUT2D eigenvalue weighted by Gasteiger charge is -2.41. The maximum absolute atomic E-state index is 11.3. The average Bonchev–Trinajstić information content (AvgIpc) is 2.28. The summed E-state index contributed by atoms with van der Waals surface area (Å²) in [6.07, 6.45) is 0. The highest BCUT2D eigenvalue weighted by molar-refractivity contribution is 5.86. The van der Waals surface area contributed by atoms with Crippen LogP contribution in [0.1, 0.15) is 34.6 Å². The summed E-state index contributed by atoms with van der Waals surface area (Å²) in [5, 5.41) is 0. The molecule has 0 saturated carbocycles. The van der Waals surface area contributed by atoms with E-state index in [2.05, 4.69) is 34.3 Å². The van der Waals surface area contributed by atoms with Crippen LogP contribution in [-0.4, -0.2) is 42.7 Å². The molecule has 1 atom stereocenters. The molecule has 0 heterocycles. The predicted octanol–water partition coefficient (Wildman–Crippen LogP) is 2.37. The molecule has 0 aromatic carbocycles. The Bertz CT molecular complexity index is 236. The molecule has 0 aliphatic heterocycles. The molecule has 0 amide bonds. The van der Waals surface area contributed by atoms with Crippen LogP contribution in [0, 0.1) is 0 Å². The lowest BCUT2D eigenvalue weighted by Crippen LogP contribution is -2.55. The number of rotatable bonds is 7. The average molecular weight is 228 g/mol. The number of esters is 1. The fourth-order valence-corrected chi connectivity index (χ4v) is 2.08. The van der Waals surface area contributed by atoms with Crippen molar-refractivity contribution in [2.75, 3.05) is 26.2 Å². The van der Waals surface area contributed by atoms with Gasteiger partial charge in [0.15, 0.2) is 0 Å². The molecule has 0 radical (unpaired) electrons. The summed E-state index contributed by atoms with van der Waals surface area (Å²) in [4.78, 5) is 11.3. The summed E-state index contributed by atoms with van der Waals surface area (Å²) in [6.45, 7) is 17.6. The van der Waals surface area contributed by atoms with Gasteiger partial charge in [-0.3, -0.25) is 0 Å². The highest BCUT2D eigenvalue weighted by Gasteiger charge is 2.29. The van der Waals surface area contributed by atoms with Gasteiger partial charge in [-0.05, 0) is 34.6 Å². The maximum atomic E-state index is 11.3. The number of carbonyl (C=O) groups excluding carboxylic acids is 1. The van der Waals surface area contributed by atoms with E-state index in [9.17, 15) is 4.79 Å². The highest BCUT2D eigenvalue weighted by atomic mass is 16.5. The largest absolute Gasteiger partial charge is 0.456 e. The quantitative estimate of drug-likeness (QED) is 0.380. The van der Waals surface area contributed by atoms with Crippen molar-refractivity contribution in [1.29, 1.82) is 0 Å². The molecule has 0 fully saturated rings. The second kappa shape index (κ2) is 6.69. The minimum Gasteiger partial charge on any atom is -0.456 e. The third-order valence-corrected chi connectivity index (χ3v) is 3.63. The van der Waals surface area contributed by atoms with E-state index in [1.54, 1.807) is 6.92 Å². The summed E-state index contributed by atoms with van der Waals surface area (Å²) in [5.41, 5.74) is 0.467. The van der Waals surface area contributed by atoms with Crippen LogP contribution in [0.4, 0.5) is 0 Å². The number of quaternary nitrogens is 1. The van der Waals surface area contributed by atoms with Gasteiger partial charge in [-0.2, -0.15) is 0 Å². The van der Waals surface area contributed by atoms with Crippen LogP contribution < -0.4 is 0 Å². The van der Waals surface area contributed by atoms with E-state index in [-0.39, 0.29) is 5.97 Å². The van der Waals surface area contributed by atoms with Gasteiger partial charge in [-0.1, -0.05) is 6.58 Å². The van der Waals surface area contributed by atoms with E-state index >= 15 is 0 Å². The minimum absolute atomic E-state index is 0.284. The fourth-order valence-electron chi connectivity index (χ4n) is 2.08. The maximum Gasteiger partial charge on any atom is 0.333 e. The van der Waals surface area contributed by atoms with Crippen molar-refractivity contribution in [2.24, 2.45) is 0 Å². The van der Waals surface area contributed by atoms with Crippen LogP contribution in [0.2, 0.25) is 0 Å². The summed E-state index contributed by atoms with van der Waals surface area (Å²) in [6, 6.07) is 0.336. The molecule has 0 aliphatic carbocycles. The van der Waals surface area contributed by atoms with Crippen LogP contribution in [0.5, 0.6) is 0 Å². The summed E-state index contributed by atoms with van der Waals surface area (Å²) in [5.74, 6) is -0.284. The number of hydrogen-bond acceptors (Lipinski definition) is 2. The van der Waals surface area contributed by atoms with Crippen molar-refractivity contribution in [2.45, 2.75) is 40.7 Å². The molecule has 0 saturated heterocycles. The van der Waals surface area contributed by atoms with Crippen LogP contribution in [0.3, 0.4) is 0 Å². The van der Waals surface area contributed by atoms with E-state index < -0.39 is 0 Å². The zero-order valence-corrected chi connectivity index (χ0v) is 11.4. The topological polar surface area (TPSA) is 26.3 Å². The van der Waals surface area contributed by atoms with Crippen molar-refractivity contribution in [3.8, 4) is 0 Å².